The van der Waals surface area contributed by atoms with Crippen molar-refractivity contribution in [2.24, 2.45) is 5.73 Å². The van der Waals surface area contributed by atoms with Crippen LogP contribution >= 0.6 is 12.4 Å². The average molecular weight is 204 g/mol. The molecule has 13 heavy (non-hydrogen) atoms. The molecule has 74 valence electrons. The van der Waals surface area contributed by atoms with E-state index in [2.05, 4.69) is 0 Å². The standard InChI is InChI=1S/C10H14FN.ClH/c1-3-10(12)8-5-4-7(2)9(11)6-8;/h4-6,10H,3,12H2,1-2H3;1H. The van der Waals surface area contributed by atoms with Crippen LogP contribution in [-0.4, -0.2) is 0 Å². The Morgan fingerprint density at radius 3 is 2.54 bits per heavy atom. The van der Waals surface area contributed by atoms with E-state index in [0.29, 0.717) is 5.56 Å². The highest BCUT2D eigenvalue weighted by atomic mass is 35.5. The molecule has 1 aromatic rings. The summed E-state index contributed by atoms with van der Waals surface area (Å²) < 4.78 is 13.0. The Kier molecular flexibility index (Phi) is 4.96. The van der Waals surface area contributed by atoms with E-state index in [4.69, 9.17) is 5.73 Å². The van der Waals surface area contributed by atoms with Crippen molar-refractivity contribution in [1.29, 1.82) is 0 Å². The first-order valence-electron chi connectivity index (χ1n) is 4.16. The minimum absolute atomic E-state index is 0. The van der Waals surface area contributed by atoms with Gasteiger partial charge < -0.3 is 5.73 Å². The molecular formula is C10H15ClFN. The predicted octanol–water partition coefficient (Wildman–Crippen LogP) is 2.97. The van der Waals surface area contributed by atoms with Crippen LogP contribution in [0.4, 0.5) is 4.39 Å². The van der Waals surface area contributed by atoms with Gasteiger partial charge in [0.15, 0.2) is 0 Å². The number of halogens is 2. The summed E-state index contributed by atoms with van der Waals surface area (Å²) in [5.41, 5.74) is 7.29. The van der Waals surface area contributed by atoms with Crippen LogP contribution in [0.1, 0.15) is 30.5 Å². The van der Waals surface area contributed by atoms with Gasteiger partial charge in [0.2, 0.25) is 0 Å². The van der Waals surface area contributed by atoms with Crippen molar-refractivity contribution >= 4 is 12.4 Å². The molecule has 0 heterocycles. The molecular weight excluding hydrogens is 189 g/mol. The predicted molar refractivity (Wildman–Crippen MR) is 55.6 cm³/mol. The second kappa shape index (κ2) is 5.20. The highest BCUT2D eigenvalue weighted by Gasteiger charge is 2.04. The molecule has 1 atom stereocenters. The van der Waals surface area contributed by atoms with Crippen molar-refractivity contribution in [3.8, 4) is 0 Å². The van der Waals surface area contributed by atoms with Crippen LogP contribution in [0.3, 0.4) is 0 Å². The topological polar surface area (TPSA) is 26.0 Å². The largest absolute Gasteiger partial charge is 0.324 e. The van der Waals surface area contributed by atoms with E-state index >= 15 is 0 Å². The number of benzene rings is 1. The molecule has 1 unspecified atom stereocenters. The minimum atomic E-state index is -0.170. The van der Waals surface area contributed by atoms with Crippen molar-refractivity contribution in [1.82, 2.24) is 0 Å². The van der Waals surface area contributed by atoms with Crippen LogP contribution in [0.2, 0.25) is 0 Å². The zero-order valence-corrected chi connectivity index (χ0v) is 8.70. The summed E-state index contributed by atoms with van der Waals surface area (Å²) in [5, 5.41) is 0. The summed E-state index contributed by atoms with van der Waals surface area (Å²) in [6, 6.07) is 5.12. The molecule has 0 bridgehead atoms. The zero-order valence-electron chi connectivity index (χ0n) is 7.88. The first-order valence-corrected chi connectivity index (χ1v) is 4.16. The van der Waals surface area contributed by atoms with Crippen LogP contribution in [0, 0.1) is 12.7 Å². The molecule has 0 aliphatic rings. The van der Waals surface area contributed by atoms with E-state index in [1.807, 2.05) is 13.0 Å². The second-order valence-electron chi connectivity index (χ2n) is 3.02. The van der Waals surface area contributed by atoms with E-state index in [1.54, 1.807) is 13.0 Å². The summed E-state index contributed by atoms with van der Waals surface area (Å²) in [7, 11) is 0. The fourth-order valence-electron chi connectivity index (χ4n) is 1.08. The van der Waals surface area contributed by atoms with Crippen molar-refractivity contribution in [2.45, 2.75) is 26.3 Å². The fraction of sp³-hybridized carbons (Fsp3) is 0.400. The van der Waals surface area contributed by atoms with E-state index in [1.165, 1.54) is 6.07 Å². The molecule has 1 aromatic carbocycles. The molecule has 0 aliphatic heterocycles. The number of hydrogen-bond donors (Lipinski definition) is 1. The van der Waals surface area contributed by atoms with Crippen molar-refractivity contribution in [2.75, 3.05) is 0 Å². The highest BCUT2D eigenvalue weighted by molar-refractivity contribution is 5.85. The van der Waals surface area contributed by atoms with Gasteiger partial charge in [-0.3, -0.25) is 0 Å². The maximum Gasteiger partial charge on any atom is 0.126 e. The summed E-state index contributed by atoms with van der Waals surface area (Å²) in [5.74, 6) is -0.170. The molecule has 0 aromatic heterocycles. The second-order valence-corrected chi connectivity index (χ2v) is 3.02. The first kappa shape index (κ1) is 12.4. The molecule has 0 aliphatic carbocycles. The molecule has 0 spiro atoms. The van der Waals surface area contributed by atoms with Crippen molar-refractivity contribution < 1.29 is 4.39 Å². The molecule has 1 rings (SSSR count). The van der Waals surface area contributed by atoms with Gasteiger partial charge in [-0.15, -0.1) is 12.4 Å². The van der Waals surface area contributed by atoms with Crippen LogP contribution in [0.15, 0.2) is 18.2 Å². The molecule has 0 amide bonds. The average Bonchev–Trinajstić information content (AvgIpc) is 2.08. The van der Waals surface area contributed by atoms with Gasteiger partial charge in [-0.05, 0) is 30.5 Å². The molecule has 0 fully saturated rings. The molecule has 0 saturated heterocycles. The maximum absolute atomic E-state index is 13.0. The Morgan fingerprint density at radius 2 is 2.08 bits per heavy atom. The molecule has 3 heteroatoms. The van der Waals surface area contributed by atoms with Crippen LogP contribution < -0.4 is 5.73 Å². The van der Waals surface area contributed by atoms with Gasteiger partial charge in [-0.2, -0.15) is 0 Å². The van der Waals surface area contributed by atoms with Crippen molar-refractivity contribution in [3.63, 3.8) is 0 Å². The summed E-state index contributed by atoms with van der Waals surface area (Å²) in [6.45, 7) is 3.74. The third kappa shape index (κ3) is 2.98. The van der Waals surface area contributed by atoms with E-state index < -0.39 is 0 Å². The lowest BCUT2D eigenvalue weighted by Crippen LogP contribution is -2.08. The Bertz CT molecular complexity index is 276. The van der Waals surface area contributed by atoms with E-state index in [9.17, 15) is 4.39 Å². The van der Waals surface area contributed by atoms with Gasteiger partial charge in [0.25, 0.3) is 0 Å². The summed E-state index contributed by atoms with van der Waals surface area (Å²) in [4.78, 5) is 0. The van der Waals surface area contributed by atoms with Crippen molar-refractivity contribution in [3.05, 3.63) is 35.1 Å². The highest BCUT2D eigenvalue weighted by Crippen LogP contribution is 2.16. The lowest BCUT2D eigenvalue weighted by atomic mass is 10.0. The van der Waals surface area contributed by atoms with Gasteiger partial charge in [-0.25, -0.2) is 4.39 Å². The Morgan fingerprint density at radius 1 is 1.46 bits per heavy atom. The Balaban J connectivity index is 0.00000144. The van der Waals surface area contributed by atoms with Gasteiger partial charge >= 0.3 is 0 Å². The molecule has 2 N–H and O–H groups in total. The summed E-state index contributed by atoms with van der Waals surface area (Å²) in [6.07, 6.45) is 0.836. The number of hydrogen-bond acceptors (Lipinski definition) is 1. The molecule has 1 nitrogen and oxygen atoms in total. The van der Waals surface area contributed by atoms with E-state index in [-0.39, 0.29) is 24.3 Å². The lowest BCUT2D eigenvalue weighted by Gasteiger charge is -2.09. The first-order chi connectivity index (χ1) is 5.65. The maximum atomic E-state index is 13.0. The Hall–Kier alpha value is -0.600. The van der Waals surface area contributed by atoms with Gasteiger partial charge in [0.05, 0.1) is 0 Å². The number of nitrogens with two attached hydrogens (primary N) is 1. The lowest BCUT2D eigenvalue weighted by molar-refractivity contribution is 0.608. The SMILES string of the molecule is CCC(N)c1ccc(C)c(F)c1.Cl. The normalized spacial score (nSPS) is 12.0. The molecule has 0 radical (unpaired) electrons. The van der Waals surface area contributed by atoms with Crippen LogP contribution in [0.25, 0.3) is 0 Å². The van der Waals surface area contributed by atoms with Gasteiger partial charge in [0, 0.05) is 6.04 Å². The zero-order chi connectivity index (χ0) is 9.14. The number of rotatable bonds is 2. The minimum Gasteiger partial charge on any atom is -0.324 e. The smallest absolute Gasteiger partial charge is 0.126 e. The third-order valence-electron chi connectivity index (χ3n) is 2.06. The quantitative estimate of drug-likeness (QED) is 0.786. The van der Waals surface area contributed by atoms with E-state index in [0.717, 1.165) is 12.0 Å². The number of aryl methyl sites for hydroxylation is 1. The van der Waals surface area contributed by atoms with Gasteiger partial charge in [0.1, 0.15) is 5.82 Å². The Labute approximate surface area is 84.5 Å². The molecule has 0 saturated carbocycles. The van der Waals surface area contributed by atoms with Crippen LogP contribution in [0.5, 0.6) is 0 Å². The summed E-state index contributed by atoms with van der Waals surface area (Å²) >= 11 is 0. The van der Waals surface area contributed by atoms with Crippen LogP contribution in [-0.2, 0) is 0 Å². The van der Waals surface area contributed by atoms with Gasteiger partial charge in [-0.1, -0.05) is 19.1 Å². The third-order valence-corrected chi connectivity index (χ3v) is 2.06. The monoisotopic (exact) mass is 203 g/mol. The fourth-order valence-corrected chi connectivity index (χ4v) is 1.08.